The Balaban J connectivity index is 2.24. The Morgan fingerprint density at radius 3 is 2.70 bits per heavy atom. The molecular weight excluding hydrogens is 264 g/mol. The van der Waals surface area contributed by atoms with Crippen LogP contribution in [0.1, 0.15) is 17.5 Å². The molecule has 0 spiro atoms. The summed E-state index contributed by atoms with van der Waals surface area (Å²) in [6.07, 6.45) is 0. The van der Waals surface area contributed by atoms with Crippen LogP contribution in [-0.4, -0.2) is 39.5 Å². The highest BCUT2D eigenvalue weighted by atomic mass is 16.5. The van der Waals surface area contributed by atoms with E-state index in [1.54, 1.807) is 18.2 Å². The number of aromatic nitrogens is 4. The minimum Gasteiger partial charge on any atom is -0.495 e. The first-order valence-electron chi connectivity index (χ1n) is 5.60. The molecule has 0 unspecified atom stereocenters. The second kappa shape index (κ2) is 5.78. The molecule has 2 amide bonds. The Morgan fingerprint density at radius 1 is 1.30 bits per heavy atom. The average Bonchev–Trinajstić information content (AvgIpc) is 2.92. The molecule has 3 N–H and O–H groups in total. The van der Waals surface area contributed by atoms with Crippen LogP contribution in [-0.2, 0) is 4.79 Å². The molecule has 0 radical (unpaired) electrons. The van der Waals surface area contributed by atoms with E-state index in [1.807, 2.05) is 0 Å². The van der Waals surface area contributed by atoms with Crippen LogP contribution in [0.5, 0.6) is 5.75 Å². The van der Waals surface area contributed by atoms with Gasteiger partial charge in [0, 0.05) is 12.6 Å². The zero-order valence-electron chi connectivity index (χ0n) is 10.8. The van der Waals surface area contributed by atoms with Gasteiger partial charge >= 0.3 is 0 Å². The minimum atomic E-state index is -0.544. The first-order chi connectivity index (χ1) is 9.60. The zero-order valence-corrected chi connectivity index (χ0v) is 10.8. The molecular formula is C11H12N6O3. The number of anilines is 2. The lowest BCUT2D eigenvalue weighted by Gasteiger charge is -2.11. The predicted molar refractivity (Wildman–Crippen MR) is 69.4 cm³/mol. The van der Waals surface area contributed by atoms with Gasteiger partial charge in [-0.25, -0.2) is 0 Å². The molecule has 0 atom stereocenters. The number of H-pyrrole nitrogens is 1. The zero-order chi connectivity index (χ0) is 14.5. The topological polar surface area (TPSA) is 122 Å². The fourth-order valence-electron chi connectivity index (χ4n) is 1.52. The van der Waals surface area contributed by atoms with Crippen LogP contribution < -0.4 is 15.4 Å². The molecule has 0 fully saturated rings. The lowest BCUT2D eigenvalue weighted by molar-refractivity contribution is -0.114. The molecule has 0 aliphatic carbocycles. The molecule has 0 aliphatic rings. The van der Waals surface area contributed by atoms with E-state index in [9.17, 15) is 9.59 Å². The van der Waals surface area contributed by atoms with Crippen LogP contribution in [0.15, 0.2) is 18.2 Å². The molecule has 1 heterocycles. The van der Waals surface area contributed by atoms with E-state index in [-0.39, 0.29) is 11.7 Å². The maximum atomic E-state index is 11.8. The largest absolute Gasteiger partial charge is 0.495 e. The molecule has 9 nitrogen and oxygen atoms in total. The molecule has 2 aromatic rings. The van der Waals surface area contributed by atoms with Crippen molar-refractivity contribution in [2.24, 2.45) is 0 Å². The number of ether oxygens (including phenoxy) is 1. The summed E-state index contributed by atoms with van der Waals surface area (Å²) in [4.78, 5) is 22.9. The van der Waals surface area contributed by atoms with Gasteiger partial charge in [-0.05, 0) is 23.4 Å². The van der Waals surface area contributed by atoms with E-state index in [4.69, 9.17) is 4.74 Å². The normalized spacial score (nSPS) is 9.90. The van der Waals surface area contributed by atoms with Crippen LogP contribution in [0.25, 0.3) is 0 Å². The molecule has 0 saturated carbocycles. The maximum absolute atomic E-state index is 11.8. The summed E-state index contributed by atoms with van der Waals surface area (Å²) in [6.45, 7) is 1.39. The molecule has 0 bridgehead atoms. The number of hydrogen-bond donors (Lipinski definition) is 3. The number of benzene rings is 1. The molecule has 9 heteroatoms. The van der Waals surface area contributed by atoms with Gasteiger partial charge in [0.2, 0.25) is 5.91 Å². The monoisotopic (exact) mass is 276 g/mol. The first kappa shape index (κ1) is 13.5. The molecule has 2 rings (SSSR count). The summed E-state index contributed by atoms with van der Waals surface area (Å²) < 4.78 is 5.13. The lowest BCUT2D eigenvalue weighted by Crippen LogP contribution is -2.15. The van der Waals surface area contributed by atoms with Crippen molar-refractivity contribution in [3.63, 3.8) is 0 Å². The van der Waals surface area contributed by atoms with Gasteiger partial charge in [0.15, 0.2) is 0 Å². The van der Waals surface area contributed by atoms with Crippen molar-refractivity contribution in [1.82, 2.24) is 20.6 Å². The summed E-state index contributed by atoms with van der Waals surface area (Å²) >= 11 is 0. The predicted octanol–water partition coefficient (Wildman–Crippen LogP) is 0.419. The number of hydrogen-bond acceptors (Lipinski definition) is 6. The number of nitrogens with zero attached hydrogens (tertiary/aromatic N) is 3. The van der Waals surface area contributed by atoms with Crippen molar-refractivity contribution in [1.29, 1.82) is 0 Å². The Morgan fingerprint density at radius 2 is 2.10 bits per heavy atom. The summed E-state index contributed by atoms with van der Waals surface area (Å²) in [6, 6.07) is 4.85. The van der Waals surface area contributed by atoms with Crippen LogP contribution in [0, 0.1) is 0 Å². The molecule has 104 valence electrons. The number of carbonyl (C=O) groups excluding carboxylic acids is 2. The second-order valence-corrected chi connectivity index (χ2v) is 3.79. The quantitative estimate of drug-likeness (QED) is 0.743. The van der Waals surface area contributed by atoms with Gasteiger partial charge in [0.05, 0.1) is 12.8 Å². The number of methoxy groups -OCH3 is 1. The first-order valence-corrected chi connectivity index (χ1v) is 5.60. The van der Waals surface area contributed by atoms with Gasteiger partial charge in [-0.1, -0.05) is 0 Å². The number of tetrazole rings is 1. The van der Waals surface area contributed by atoms with E-state index in [0.29, 0.717) is 17.1 Å². The summed E-state index contributed by atoms with van der Waals surface area (Å²) in [5, 5.41) is 17.8. The third-order valence-corrected chi connectivity index (χ3v) is 2.32. The Labute approximate surface area is 113 Å². The second-order valence-electron chi connectivity index (χ2n) is 3.79. The van der Waals surface area contributed by atoms with Gasteiger partial charge < -0.3 is 15.4 Å². The number of amides is 2. The van der Waals surface area contributed by atoms with Crippen molar-refractivity contribution in [3.8, 4) is 5.75 Å². The standard InChI is InChI=1S/C11H12N6O3/c1-6(18)12-7-3-4-9(20-2)8(5-7)13-11(19)10-14-16-17-15-10/h3-5H,1-2H3,(H,12,18)(H,13,19)(H,14,15,16,17). The molecule has 0 aliphatic heterocycles. The highest BCUT2D eigenvalue weighted by molar-refractivity contribution is 6.02. The van der Waals surface area contributed by atoms with Crippen molar-refractivity contribution < 1.29 is 14.3 Å². The number of rotatable bonds is 4. The van der Waals surface area contributed by atoms with Crippen LogP contribution in [0.4, 0.5) is 11.4 Å². The van der Waals surface area contributed by atoms with E-state index in [2.05, 4.69) is 31.3 Å². The Kier molecular flexibility index (Phi) is 3.89. The SMILES string of the molecule is COc1ccc(NC(C)=O)cc1NC(=O)c1nn[nH]n1. The maximum Gasteiger partial charge on any atom is 0.297 e. The molecule has 20 heavy (non-hydrogen) atoms. The third kappa shape index (κ3) is 3.07. The average molecular weight is 276 g/mol. The van der Waals surface area contributed by atoms with Gasteiger partial charge in [-0.15, -0.1) is 10.2 Å². The Bertz CT molecular complexity index is 625. The smallest absolute Gasteiger partial charge is 0.297 e. The number of nitrogens with one attached hydrogen (secondary N) is 3. The van der Waals surface area contributed by atoms with Crippen molar-refractivity contribution >= 4 is 23.2 Å². The van der Waals surface area contributed by atoms with E-state index >= 15 is 0 Å². The minimum absolute atomic E-state index is 0.100. The molecule has 1 aromatic heterocycles. The highest BCUT2D eigenvalue weighted by Gasteiger charge is 2.14. The Hall–Kier alpha value is -2.97. The van der Waals surface area contributed by atoms with E-state index < -0.39 is 5.91 Å². The van der Waals surface area contributed by atoms with Gasteiger partial charge in [-0.3, -0.25) is 9.59 Å². The van der Waals surface area contributed by atoms with Crippen LogP contribution >= 0.6 is 0 Å². The summed E-state index contributed by atoms with van der Waals surface area (Å²) in [5.74, 6) is -0.421. The molecule has 0 saturated heterocycles. The van der Waals surface area contributed by atoms with Crippen molar-refractivity contribution in [2.75, 3.05) is 17.7 Å². The molecule has 1 aromatic carbocycles. The fourth-order valence-corrected chi connectivity index (χ4v) is 1.52. The van der Waals surface area contributed by atoms with E-state index in [1.165, 1.54) is 14.0 Å². The number of carbonyl (C=O) groups is 2. The lowest BCUT2D eigenvalue weighted by atomic mass is 10.2. The van der Waals surface area contributed by atoms with E-state index in [0.717, 1.165) is 0 Å². The van der Waals surface area contributed by atoms with Gasteiger partial charge in [-0.2, -0.15) is 5.21 Å². The number of aromatic amines is 1. The van der Waals surface area contributed by atoms with Gasteiger partial charge in [0.25, 0.3) is 11.7 Å². The van der Waals surface area contributed by atoms with Crippen LogP contribution in [0.2, 0.25) is 0 Å². The summed E-state index contributed by atoms with van der Waals surface area (Å²) in [7, 11) is 1.47. The van der Waals surface area contributed by atoms with Crippen molar-refractivity contribution in [2.45, 2.75) is 6.92 Å². The fraction of sp³-hybridized carbons (Fsp3) is 0.182. The highest BCUT2D eigenvalue weighted by Crippen LogP contribution is 2.28. The summed E-state index contributed by atoms with van der Waals surface area (Å²) in [5.41, 5.74) is 0.912. The van der Waals surface area contributed by atoms with Crippen LogP contribution in [0.3, 0.4) is 0 Å². The third-order valence-electron chi connectivity index (χ3n) is 2.32. The van der Waals surface area contributed by atoms with Crippen molar-refractivity contribution in [3.05, 3.63) is 24.0 Å². The van der Waals surface area contributed by atoms with Gasteiger partial charge in [0.1, 0.15) is 5.75 Å².